The van der Waals surface area contributed by atoms with E-state index in [-0.39, 0.29) is 13.2 Å². The quantitative estimate of drug-likeness (QED) is 0.764. The molecule has 0 bridgehead atoms. The Balaban J connectivity index is 2.93. The highest BCUT2D eigenvalue weighted by Crippen LogP contribution is 2.16. The van der Waals surface area contributed by atoms with Gasteiger partial charge in [-0.25, -0.2) is 17.5 Å². The Labute approximate surface area is 124 Å². The lowest BCUT2D eigenvalue weighted by Gasteiger charge is -2.14. The van der Waals surface area contributed by atoms with Crippen LogP contribution in [-0.2, 0) is 14.8 Å². The van der Waals surface area contributed by atoms with Gasteiger partial charge < -0.3 is 9.84 Å². The third-order valence-corrected chi connectivity index (χ3v) is 4.08. The van der Waals surface area contributed by atoms with E-state index in [0.717, 1.165) is 12.1 Å². The smallest absolute Gasteiger partial charge is 0.243 e. The maximum Gasteiger partial charge on any atom is 0.243 e. The van der Waals surface area contributed by atoms with Crippen molar-refractivity contribution in [2.45, 2.75) is 24.8 Å². The lowest BCUT2D eigenvalue weighted by molar-refractivity contribution is 0.133. The molecule has 1 rings (SSSR count). The van der Waals surface area contributed by atoms with Crippen molar-refractivity contribution < 1.29 is 22.7 Å². The molecular weight excluding hydrogens is 297 g/mol. The van der Waals surface area contributed by atoms with Crippen LogP contribution in [0.4, 0.5) is 4.39 Å². The van der Waals surface area contributed by atoms with Crippen molar-refractivity contribution in [1.29, 1.82) is 0 Å². The van der Waals surface area contributed by atoms with E-state index in [9.17, 15) is 12.8 Å². The Bertz CT molecular complexity index is 634. The second kappa shape index (κ2) is 8.10. The summed E-state index contributed by atoms with van der Waals surface area (Å²) in [6, 6.07) is 3.08. The van der Waals surface area contributed by atoms with E-state index in [2.05, 4.69) is 16.6 Å². The Kier molecular flexibility index (Phi) is 6.78. The summed E-state index contributed by atoms with van der Waals surface area (Å²) in [6.45, 7) is 3.76. The van der Waals surface area contributed by atoms with Crippen molar-refractivity contribution in [2.24, 2.45) is 0 Å². The van der Waals surface area contributed by atoms with Crippen molar-refractivity contribution in [3.05, 3.63) is 29.6 Å². The van der Waals surface area contributed by atoms with Crippen molar-refractivity contribution in [1.82, 2.24) is 4.72 Å². The summed E-state index contributed by atoms with van der Waals surface area (Å²) in [5, 5.41) is 8.57. The number of hydrogen-bond donors (Lipinski definition) is 2. The van der Waals surface area contributed by atoms with Crippen LogP contribution in [0, 0.1) is 17.7 Å². The van der Waals surface area contributed by atoms with E-state index < -0.39 is 26.8 Å². The lowest BCUT2D eigenvalue weighted by Crippen LogP contribution is -2.36. The molecule has 0 heterocycles. The number of nitrogens with one attached hydrogen (secondary N) is 1. The van der Waals surface area contributed by atoms with Gasteiger partial charge in [0.25, 0.3) is 0 Å². The van der Waals surface area contributed by atoms with Crippen LogP contribution in [0.3, 0.4) is 0 Å². The Morgan fingerprint density at radius 1 is 1.48 bits per heavy atom. The van der Waals surface area contributed by atoms with Gasteiger partial charge in [-0.15, -0.1) is 0 Å². The van der Waals surface area contributed by atoms with E-state index >= 15 is 0 Å². The Morgan fingerprint density at radius 2 is 2.19 bits per heavy atom. The summed E-state index contributed by atoms with van der Waals surface area (Å²) in [5.41, 5.74) is 0.294. The zero-order valence-electron chi connectivity index (χ0n) is 11.9. The molecule has 116 valence electrons. The average molecular weight is 315 g/mol. The van der Waals surface area contributed by atoms with Crippen LogP contribution in [-0.4, -0.2) is 39.4 Å². The number of hydrogen-bond acceptors (Lipinski definition) is 4. The maximum absolute atomic E-state index is 13.9. The molecule has 0 aliphatic rings. The molecule has 1 aromatic carbocycles. The van der Waals surface area contributed by atoms with Crippen LogP contribution in [0.25, 0.3) is 0 Å². The zero-order valence-corrected chi connectivity index (χ0v) is 12.7. The van der Waals surface area contributed by atoms with Gasteiger partial charge in [-0.1, -0.05) is 11.8 Å². The number of sulfonamides is 1. The average Bonchev–Trinajstić information content (AvgIpc) is 2.42. The topological polar surface area (TPSA) is 75.6 Å². The first-order chi connectivity index (χ1) is 9.90. The van der Waals surface area contributed by atoms with Crippen LogP contribution in [0.2, 0.25) is 0 Å². The summed E-state index contributed by atoms with van der Waals surface area (Å²) in [7, 11) is -3.96. The molecule has 0 spiro atoms. The predicted octanol–water partition coefficient (Wildman–Crippen LogP) is 0.873. The summed E-state index contributed by atoms with van der Waals surface area (Å²) in [6.07, 6.45) is 0. The molecule has 1 aromatic rings. The molecule has 21 heavy (non-hydrogen) atoms. The van der Waals surface area contributed by atoms with Crippen LogP contribution in [0.15, 0.2) is 23.1 Å². The first-order valence-corrected chi connectivity index (χ1v) is 7.88. The Hall–Kier alpha value is -1.46. The van der Waals surface area contributed by atoms with Crippen molar-refractivity contribution in [2.75, 3.05) is 19.8 Å². The summed E-state index contributed by atoms with van der Waals surface area (Å²) in [5.74, 6) is 3.98. The van der Waals surface area contributed by atoms with Crippen molar-refractivity contribution in [3.63, 3.8) is 0 Å². The van der Waals surface area contributed by atoms with E-state index in [0.29, 0.717) is 12.2 Å². The molecule has 0 aliphatic heterocycles. The largest absolute Gasteiger partial charge is 0.384 e. The number of rotatable bonds is 6. The van der Waals surface area contributed by atoms with E-state index in [4.69, 9.17) is 9.84 Å². The molecule has 1 unspecified atom stereocenters. The normalized spacial score (nSPS) is 12.6. The summed E-state index contributed by atoms with van der Waals surface area (Å²) >= 11 is 0. The van der Waals surface area contributed by atoms with Gasteiger partial charge in [0.2, 0.25) is 10.0 Å². The van der Waals surface area contributed by atoms with E-state index in [1.807, 2.05) is 0 Å². The molecule has 0 aromatic heterocycles. The van der Waals surface area contributed by atoms with E-state index in [1.165, 1.54) is 6.07 Å². The van der Waals surface area contributed by atoms with Gasteiger partial charge in [0.05, 0.1) is 6.61 Å². The Morgan fingerprint density at radius 3 is 2.76 bits per heavy atom. The number of aliphatic hydroxyl groups excluding tert-OH is 1. The minimum Gasteiger partial charge on any atom is -0.384 e. The molecule has 7 heteroatoms. The molecule has 5 nitrogen and oxygen atoms in total. The second-order valence-corrected chi connectivity index (χ2v) is 5.97. The fourth-order valence-corrected chi connectivity index (χ4v) is 2.88. The van der Waals surface area contributed by atoms with Crippen LogP contribution in [0.1, 0.15) is 19.4 Å². The minimum atomic E-state index is -3.96. The van der Waals surface area contributed by atoms with Crippen molar-refractivity contribution >= 4 is 10.0 Å². The third-order valence-electron chi connectivity index (χ3n) is 2.46. The molecule has 0 fully saturated rings. The van der Waals surface area contributed by atoms with Crippen LogP contribution >= 0.6 is 0 Å². The van der Waals surface area contributed by atoms with Gasteiger partial charge >= 0.3 is 0 Å². The molecule has 2 N–H and O–H groups in total. The fraction of sp³-hybridized carbons (Fsp3) is 0.429. The van der Waals surface area contributed by atoms with Crippen LogP contribution < -0.4 is 4.72 Å². The van der Waals surface area contributed by atoms with Gasteiger partial charge in [-0.05, 0) is 32.0 Å². The zero-order chi connectivity index (χ0) is 15.9. The SMILES string of the molecule is CCOCC(C)NS(=O)(=O)c1ccc(C#CCO)cc1F. The summed E-state index contributed by atoms with van der Waals surface area (Å²) in [4.78, 5) is -0.444. The molecule has 1 atom stereocenters. The molecule has 0 radical (unpaired) electrons. The second-order valence-electron chi connectivity index (χ2n) is 4.29. The molecule has 0 saturated heterocycles. The molecular formula is C14H18FNO4S. The maximum atomic E-state index is 13.9. The number of halogens is 1. The predicted molar refractivity (Wildman–Crippen MR) is 76.6 cm³/mol. The lowest BCUT2D eigenvalue weighted by atomic mass is 10.2. The number of ether oxygens (including phenoxy) is 1. The van der Waals surface area contributed by atoms with Gasteiger partial charge in [-0.3, -0.25) is 0 Å². The monoisotopic (exact) mass is 315 g/mol. The highest BCUT2D eigenvalue weighted by Gasteiger charge is 2.21. The number of aliphatic hydroxyl groups is 1. The van der Waals surface area contributed by atoms with Gasteiger partial charge in [0, 0.05) is 18.2 Å². The first kappa shape index (κ1) is 17.6. The van der Waals surface area contributed by atoms with Crippen molar-refractivity contribution in [3.8, 4) is 11.8 Å². The molecule has 0 aliphatic carbocycles. The fourth-order valence-electron chi connectivity index (χ4n) is 1.60. The van der Waals surface area contributed by atoms with Gasteiger partial charge in [0.15, 0.2) is 0 Å². The standard InChI is InChI=1S/C14H18FNO4S/c1-3-20-10-11(2)16-21(18,19)14-7-6-12(5-4-8-17)9-13(14)15/h6-7,9,11,16-17H,3,8,10H2,1-2H3. The third kappa shape index (κ3) is 5.44. The van der Waals surface area contributed by atoms with Gasteiger partial charge in [0.1, 0.15) is 17.3 Å². The molecule has 0 saturated carbocycles. The minimum absolute atomic E-state index is 0.206. The highest BCUT2D eigenvalue weighted by molar-refractivity contribution is 7.89. The highest BCUT2D eigenvalue weighted by atomic mass is 32.2. The van der Waals surface area contributed by atoms with Crippen LogP contribution in [0.5, 0.6) is 0 Å². The molecule has 0 amide bonds. The summed E-state index contributed by atoms with van der Waals surface area (Å²) < 4.78 is 45.5. The number of benzene rings is 1. The van der Waals surface area contributed by atoms with E-state index in [1.54, 1.807) is 13.8 Å². The first-order valence-electron chi connectivity index (χ1n) is 6.40. The van der Waals surface area contributed by atoms with Gasteiger partial charge in [-0.2, -0.15) is 0 Å².